The molecule has 2 heterocycles. The quantitative estimate of drug-likeness (QED) is 0.518. The second kappa shape index (κ2) is 3.41. The summed E-state index contributed by atoms with van der Waals surface area (Å²) in [6.07, 6.45) is 3.75. The predicted molar refractivity (Wildman–Crippen MR) is 65.0 cm³/mol. The number of fused-ring (bicyclic) bond motifs is 1. The van der Waals surface area contributed by atoms with Gasteiger partial charge in [-0.25, -0.2) is 9.97 Å². The smallest absolute Gasteiger partial charge is 0.102 e. The van der Waals surface area contributed by atoms with E-state index in [0.29, 0.717) is 0 Å². The molecule has 0 saturated carbocycles. The minimum Gasteiger partial charge on any atom is -0.250 e. The molecule has 0 amide bonds. The van der Waals surface area contributed by atoms with E-state index >= 15 is 0 Å². The van der Waals surface area contributed by atoms with Crippen LogP contribution < -0.4 is 0 Å². The first kappa shape index (κ1) is 8.61. The molecule has 0 radical (unpaired) electrons. The molecule has 0 spiro atoms. The maximum absolute atomic E-state index is 4.20. The zero-order valence-corrected chi connectivity index (χ0v) is 10.3. The number of nitrogens with zero attached hydrogens (tertiary/aromatic N) is 2. The lowest BCUT2D eigenvalue weighted by Gasteiger charge is -1.97. The van der Waals surface area contributed by atoms with E-state index in [1.807, 2.05) is 24.5 Å². The highest BCUT2D eigenvalue weighted by Crippen LogP contribution is 2.15. The lowest BCUT2D eigenvalue weighted by molar-refractivity contribution is 1.26. The minimum absolute atomic E-state index is 1.00. The van der Waals surface area contributed by atoms with Crippen molar-refractivity contribution in [2.75, 3.05) is 0 Å². The average molecular weight is 382 g/mol. The first-order valence-electron chi connectivity index (χ1n) is 3.32. The van der Waals surface area contributed by atoms with Crippen LogP contribution in [-0.4, -0.2) is 9.97 Å². The molecule has 0 atom stereocenters. The number of halogens is 2. The van der Waals surface area contributed by atoms with E-state index in [0.717, 1.165) is 18.2 Å². The van der Waals surface area contributed by atoms with Crippen LogP contribution in [0.3, 0.4) is 0 Å². The van der Waals surface area contributed by atoms with Crippen LogP contribution in [0.15, 0.2) is 24.5 Å². The molecule has 0 bridgehead atoms. The SMILES string of the molecule is Ic1cc2cnc(I)cc2cn1. The molecule has 60 valence electrons. The number of pyridine rings is 2. The second-order valence-corrected chi connectivity index (χ2v) is 4.57. The van der Waals surface area contributed by atoms with Crippen molar-refractivity contribution < 1.29 is 0 Å². The molecule has 0 fully saturated rings. The van der Waals surface area contributed by atoms with Gasteiger partial charge in [-0.3, -0.25) is 0 Å². The lowest BCUT2D eigenvalue weighted by Crippen LogP contribution is -1.84. The van der Waals surface area contributed by atoms with Crippen molar-refractivity contribution >= 4 is 56.0 Å². The Morgan fingerprint density at radius 3 is 1.67 bits per heavy atom. The Bertz CT molecular complexity index is 387. The summed E-state index contributed by atoms with van der Waals surface area (Å²) in [4.78, 5) is 8.41. The van der Waals surface area contributed by atoms with Gasteiger partial charge in [-0.1, -0.05) is 0 Å². The first-order chi connectivity index (χ1) is 5.75. The first-order valence-corrected chi connectivity index (χ1v) is 5.48. The van der Waals surface area contributed by atoms with Gasteiger partial charge in [0.15, 0.2) is 0 Å². The van der Waals surface area contributed by atoms with Gasteiger partial charge in [0, 0.05) is 23.2 Å². The predicted octanol–water partition coefficient (Wildman–Crippen LogP) is 2.84. The summed E-state index contributed by atoms with van der Waals surface area (Å²) in [6.45, 7) is 0. The van der Waals surface area contributed by atoms with E-state index in [2.05, 4.69) is 55.1 Å². The van der Waals surface area contributed by atoms with Crippen LogP contribution in [0, 0.1) is 7.40 Å². The van der Waals surface area contributed by atoms with Crippen molar-refractivity contribution in [1.82, 2.24) is 9.97 Å². The van der Waals surface area contributed by atoms with Gasteiger partial charge in [0.1, 0.15) is 7.40 Å². The standard InChI is InChI=1S/C8H4I2N2/c9-7-1-5-3-12-8(10)2-6(5)4-11-7/h1-4H. The van der Waals surface area contributed by atoms with Crippen LogP contribution in [0.1, 0.15) is 0 Å². The number of rotatable bonds is 0. The molecule has 2 nitrogen and oxygen atoms in total. The normalized spacial score (nSPS) is 10.5. The van der Waals surface area contributed by atoms with Crippen molar-refractivity contribution in [1.29, 1.82) is 0 Å². The largest absolute Gasteiger partial charge is 0.250 e. The van der Waals surface area contributed by atoms with E-state index in [4.69, 9.17) is 0 Å². The molecule has 2 rings (SSSR count). The van der Waals surface area contributed by atoms with Gasteiger partial charge < -0.3 is 0 Å². The van der Waals surface area contributed by atoms with Gasteiger partial charge in [0.25, 0.3) is 0 Å². The third-order valence-electron chi connectivity index (χ3n) is 1.54. The molecule has 0 aliphatic carbocycles. The highest BCUT2D eigenvalue weighted by molar-refractivity contribution is 14.1. The van der Waals surface area contributed by atoms with Gasteiger partial charge in [-0.05, 0) is 57.3 Å². The fourth-order valence-electron chi connectivity index (χ4n) is 0.984. The summed E-state index contributed by atoms with van der Waals surface area (Å²) in [7, 11) is 0. The molecule has 4 heteroatoms. The number of hydrogen-bond acceptors (Lipinski definition) is 2. The lowest BCUT2D eigenvalue weighted by atomic mass is 10.2. The number of hydrogen-bond donors (Lipinski definition) is 0. The van der Waals surface area contributed by atoms with Crippen LogP contribution >= 0.6 is 45.2 Å². The minimum atomic E-state index is 1.00. The van der Waals surface area contributed by atoms with E-state index in [1.54, 1.807) is 0 Å². The van der Waals surface area contributed by atoms with Crippen molar-refractivity contribution in [3.8, 4) is 0 Å². The summed E-state index contributed by atoms with van der Waals surface area (Å²) in [6, 6.07) is 4.05. The highest BCUT2D eigenvalue weighted by atomic mass is 127. The van der Waals surface area contributed by atoms with Crippen LogP contribution in [0.5, 0.6) is 0 Å². The molecule has 0 unspecified atom stereocenters. The van der Waals surface area contributed by atoms with Gasteiger partial charge in [-0.2, -0.15) is 0 Å². The molecule has 0 aromatic carbocycles. The van der Waals surface area contributed by atoms with Crippen molar-refractivity contribution in [2.45, 2.75) is 0 Å². The fraction of sp³-hybridized carbons (Fsp3) is 0. The Kier molecular flexibility index (Phi) is 2.44. The molecular formula is C8H4I2N2. The molecule has 0 saturated heterocycles. The van der Waals surface area contributed by atoms with Gasteiger partial charge in [-0.15, -0.1) is 0 Å². The monoisotopic (exact) mass is 382 g/mol. The van der Waals surface area contributed by atoms with Gasteiger partial charge in [0.05, 0.1) is 0 Å². The fourth-order valence-corrected chi connectivity index (χ4v) is 1.93. The second-order valence-electron chi connectivity index (χ2n) is 2.36. The maximum atomic E-state index is 4.20. The summed E-state index contributed by atoms with van der Waals surface area (Å²) < 4.78 is 2.01. The van der Waals surface area contributed by atoms with Crippen molar-refractivity contribution in [3.05, 3.63) is 31.9 Å². The van der Waals surface area contributed by atoms with Crippen molar-refractivity contribution in [2.24, 2.45) is 0 Å². The van der Waals surface area contributed by atoms with E-state index in [-0.39, 0.29) is 0 Å². The van der Waals surface area contributed by atoms with Crippen LogP contribution in [0.25, 0.3) is 10.8 Å². The average Bonchev–Trinajstić information content (AvgIpc) is 2.05. The highest BCUT2D eigenvalue weighted by Gasteiger charge is 1.96. The third-order valence-corrected chi connectivity index (χ3v) is 2.72. The van der Waals surface area contributed by atoms with Crippen LogP contribution in [0.4, 0.5) is 0 Å². The molecule has 2 aromatic rings. The Morgan fingerprint density at radius 2 is 1.25 bits per heavy atom. The molecule has 2 aromatic heterocycles. The zero-order chi connectivity index (χ0) is 8.55. The van der Waals surface area contributed by atoms with E-state index < -0.39 is 0 Å². The van der Waals surface area contributed by atoms with Crippen molar-refractivity contribution in [3.63, 3.8) is 0 Å². The van der Waals surface area contributed by atoms with Crippen LogP contribution in [0.2, 0.25) is 0 Å². The van der Waals surface area contributed by atoms with E-state index in [9.17, 15) is 0 Å². The third kappa shape index (κ3) is 1.68. The molecule has 0 N–H and O–H groups in total. The summed E-state index contributed by atoms with van der Waals surface area (Å²) in [5.74, 6) is 0. The Balaban J connectivity index is 2.79. The molecule has 0 aliphatic rings. The summed E-state index contributed by atoms with van der Waals surface area (Å²) in [5, 5.41) is 2.30. The molecule has 0 aliphatic heterocycles. The maximum Gasteiger partial charge on any atom is 0.102 e. The van der Waals surface area contributed by atoms with Gasteiger partial charge >= 0.3 is 0 Å². The molecule has 12 heavy (non-hydrogen) atoms. The van der Waals surface area contributed by atoms with Crippen LogP contribution in [-0.2, 0) is 0 Å². The number of aromatic nitrogens is 2. The van der Waals surface area contributed by atoms with Gasteiger partial charge in [0.2, 0.25) is 0 Å². The zero-order valence-electron chi connectivity index (χ0n) is 5.96. The summed E-state index contributed by atoms with van der Waals surface area (Å²) in [5.41, 5.74) is 0. The Hall–Kier alpha value is 0.0200. The topological polar surface area (TPSA) is 25.8 Å². The summed E-state index contributed by atoms with van der Waals surface area (Å²) >= 11 is 4.39. The Labute approximate surface area is 97.1 Å². The molecular weight excluding hydrogens is 378 g/mol. The Morgan fingerprint density at radius 1 is 0.833 bits per heavy atom. The van der Waals surface area contributed by atoms with E-state index in [1.165, 1.54) is 0 Å².